The molecule has 0 aromatic carbocycles. The number of pyridine rings is 1. The van der Waals surface area contributed by atoms with Crippen molar-refractivity contribution in [3.63, 3.8) is 0 Å². The zero-order chi connectivity index (χ0) is 10.7. The Morgan fingerprint density at radius 3 is 2.60 bits per heavy atom. The third kappa shape index (κ3) is 2.21. The molecule has 0 radical (unpaired) electrons. The molecule has 0 fully saturated rings. The second kappa shape index (κ2) is 4.22. The van der Waals surface area contributed by atoms with Gasteiger partial charge in [-0.05, 0) is 12.8 Å². The quantitative estimate of drug-likeness (QED) is 0.528. The predicted molar refractivity (Wildman–Crippen MR) is 58.4 cm³/mol. The Kier molecular flexibility index (Phi) is 2.77. The fourth-order valence-electron chi connectivity index (χ4n) is 1.60. The fourth-order valence-corrected chi connectivity index (χ4v) is 1.60. The van der Waals surface area contributed by atoms with Gasteiger partial charge in [-0.3, -0.25) is 4.79 Å². The maximum absolute atomic E-state index is 12.0. The molecule has 1 aliphatic rings. The SMILES string of the molecule is C[n+]1ccc(C(=O)C2=CCCC=C2)cc1. The lowest BCUT2D eigenvalue weighted by molar-refractivity contribution is -0.671. The van der Waals surface area contributed by atoms with Crippen LogP contribution >= 0.6 is 0 Å². The lowest BCUT2D eigenvalue weighted by atomic mass is 9.99. The molecule has 1 aliphatic carbocycles. The van der Waals surface area contributed by atoms with Crippen LogP contribution in [0, 0.1) is 0 Å². The first-order chi connectivity index (χ1) is 7.27. The average Bonchev–Trinajstić information content (AvgIpc) is 2.30. The minimum absolute atomic E-state index is 0.117. The van der Waals surface area contributed by atoms with Crippen molar-refractivity contribution in [2.24, 2.45) is 7.05 Å². The summed E-state index contributed by atoms with van der Waals surface area (Å²) in [4.78, 5) is 12.0. The number of hydrogen-bond donors (Lipinski definition) is 0. The number of carbonyl (C=O) groups is 1. The van der Waals surface area contributed by atoms with Crippen molar-refractivity contribution in [3.05, 3.63) is 53.9 Å². The van der Waals surface area contributed by atoms with Crippen molar-refractivity contribution >= 4 is 5.78 Å². The fraction of sp³-hybridized carbons (Fsp3) is 0.231. The van der Waals surface area contributed by atoms with Crippen LogP contribution in [0.5, 0.6) is 0 Å². The number of allylic oxidation sites excluding steroid dienone is 4. The molecular weight excluding hydrogens is 186 g/mol. The highest BCUT2D eigenvalue weighted by Crippen LogP contribution is 2.14. The van der Waals surface area contributed by atoms with Gasteiger partial charge in [0.2, 0.25) is 0 Å². The van der Waals surface area contributed by atoms with E-state index in [4.69, 9.17) is 0 Å². The van der Waals surface area contributed by atoms with Crippen LogP contribution < -0.4 is 4.57 Å². The van der Waals surface area contributed by atoms with Crippen LogP contribution in [0.4, 0.5) is 0 Å². The van der Waals surface area contributed by atoms with E-state index in [0.717, 1.165) is 24.0 Å². The summed E-state index contributed by atoms with van der Waals surface area (Å²) in [7, 11) is 1.94. The first-order valence-corrected chi connectivity index (χ1v) is 5.14. The van der Waals surface area contributed by atoms with Gasteiger partial charge in [0.15, 0.2) is 18.2 Å². The number of carbonyl (C=O) groups excluding carboxylic acids is 1. The van der Waals surface area contributed by atoms with Gasteiger partial charge < -0.3 is 0 Å². The number of rotatable bonds is 2. The van der Waals surface area contributed by atoms with Crippen molar-refractivity contribution in [1.82, 2.24) is 0 Å². The molecule has 0 spiro atoms. The van der Waals surface area contributed by atoms with Crippen molar-refractivity contribution < 1.29 is 9.36 Å². The molecule has 1 aromatic rings. The molecule has 1 heterocycles. The molecule has 76 valence electrons. The Balaban J connectivity index is 2.24. The van der Waals surface area contributed by atoms with E-state index in [0.29, 0.717) is 0 Å². The molecule has 2 rings (SSSR count). The van der Waals surface area contributed by atoms with E-state index in [1.807, 2.05) is 48.3 Å². The van der Waals surface area contributed by atoms with Gasteiger partial charge >= 0.3 is 0 Å². The van der Waals surface area contributed by atoms with Gasteiger partial charge in [0, 0.05) is 23.3 Å². The molecule has 1 aromatic heterocycles. The summed E-state index contributed by atoms with van der Waals surface area (Å²) >= 11 is 0. The minimum Gasteiger partial charge on any atom is -0.289 e. The van der Waals surface area contributed by atoms with E-state index in [1.165, 1.54) is 0 Å². The Morgan fingerprint density at radius 2 is 2.00 bits per heavy atom. The highest BCUT2D eigenvalue weighted by Gasteiger charge is 2.11. The highest BCUT2D eigenvalue weighted by molar-refractivity contribution is 6.10. The lowest BCUT2D eigenvalue weighted by Gasteiger charge is -2.04. The van der Waals surface area contributed by atoms with Gasteiger partial charge in [-0.15, -0.1) is 0 Å². The van der Waals surface area contributed by atoms with Gasteiger partial charge in [-0.2, -0.15) is 0 Å². The van der Waals surface area contributed by atoms with Crippen molar-refractivity contribution in [1.29, 1.82) is 0 Å². The molecule has 0 saturated carbocycles. The second-order valence-electron chi connectivity index (χ2n) is 3.72. The number of aryl methyl sites for hydroxylation is 1. The van der Waals surface area contributed by atoms with E-state index in [-0.39, 0.29) is 5.78 Å². The second-order valence-corrected chi connectivity index (χ2v) is 3.72. The maximum atomic E-state index is 12.0. The summed E-state index contributed by atoms with van der Waals surface area (Å²) in [6, 6.07) is 3.71. The molecule has 0 saturated heterocycles. The van der Waals surface area contributed by atoms with Crippen molar-refractivity contribution in [2.75, 3.05) is 0 Å². The summed E-state index contributed by atoms with van der Waals surface area (Å²) in [5.41, 5.74) is 1.57. The smallest absolute Gasteiger partial charge is 0.193 e. The molecule has 0 aliphatic heterocycles. The van der Waals surface area contributed by atoms with Crippen LogP contribution in [0.15, 0.2) is 48.3 Å². The summed E-state index contributed by atoms with van der Waals surface area (Å²) in [5.74, 6) is 0.117. The van der Waals surface area contributed by atoms with E-state index >= 15 is 0 Å². The molecule has 0 bridgehead atoms. The van der Waals surface area contributed by atoms with E-state index in [1.54, 1.807) is 0 Å². The molecule has 2 nitrogen and oxygen atoms in total. The van der Waals surface area contributed by atoms with Crippen LogP contribution in [-0.2, 0) is 7.05 Å². The zero-order valence-electron chi connectivity index (χ0n) is 8.81. The van der Waals surface area contributed by atoms with E-state index in [2.05, 4.69) is 6.08 Å². The summed E-state index contributed by atoms with van der Waals surface area (Å²) < 4.78 is 1.92. The Hall–Kier alpha value is -1.70. The van der Waals surface area contributed by atoms with Crippen molar-refractivity contribution in [2.45, 2.75) is 12.8 Å². The molecule has 0 amide bonds. The zero-order valence-corrected chi connectivity index (χ0v) is 8.81. The monoisotopic (exact) mass is 200 g/mol. The topological polar surface area (TPSA) is 20.9 Å². The van der Waals surface area contributed by atoms with Gasteiger partial charge in [0.05, 0.1) is 0 Å². The number of nitrogens with zero attached hydrogens (tertiary/aromatic N) is 1. The first kappa shape index (κ1) is 9.84. The van der Waals surface area contributed by atoms with Gasteiger partial charge in [-0.1, -0.05) is 18.2 Å². The third-order valence-electron chi connectivity index (χ3n) is 2.50. The maximum Gasteiger partial charge on any atom is 0.193 e. The van der Waals surface area contributed by atoms with E-state index in [9.17, 15) is 4.79 Å². The Labute approximate surface area is 89.6 Å². The van der Waals surface area contributed by atoms with Crippen molar-refractivity contribution in [3.8, 4) is 0 Å². The Morgan fingerprint density at radius 1 is 1.27 bits per heavy atom. The number of hydrogen-bond acceptors (Lipinski definition) is 1. The van der Waals surface area contributed by atoms with Gasteiger partial charge in [0.25, 0.3) is 0 Å². The summed E-state index contributed by atoms with van der Waals surface area (Å²) in [6.45, 7) is 0. The molecular formula is C13H14NO+. The number of aromatic nitrogens is 1. The van der Waals surface area contributed by atoms with Crippen LogP contribution in [-0.4, -0.2) is 5.78 Å². The Bertz CT molecular complexity index is 426. The molecule has 2 heteroatoms. The van der Waals surface area contributed by atoms with E-state index < -0.39 is 0 Å². The standard InChI is InChI=1S/C13H14NO/c1-14-9-7-12(8-10-14)13(15)11-5-3-2-4-6-11/h3,5-10H,2,4H2,1H3/q+1. The predicted octanol–water partition coefficient (Wildman–Crippen LogP) is 1.97. The third-order valence-corrected chi connectivity index (χ3v) is 2.50. The highest BCUT2D eigenvalue weighted by atomic mass is 16.1. The minimum atomic E-state index is 0.117. The van der Waals surface area contributed by atoms with Crippen LogP contribution in [0.3, 0.4) is 0 Å². The molecule has 0 unspecified atom stereocenters. The summed E-state index contributed by atoms with van der Waals surface area (Å²) in [6.07, 6.45) is 11.8. The van der Waals surface area contributed by atoms with Gasteiger partial charge in [0.1, 0.15) is 7.05 Å². The largest absolute Gasteiger partial charge is 0.289 e. The number of Topliss-reactive ketones (excluding diaryl/α,β-unsaturated/α-hetero) is 1. The van der Waals surface area contributed by atoms with Crippen LogP contribution in [0.25, 0.3) is 0 Å². The molecule has 0 N–H and O–H groups in total. The summed E-state index contributed by atoms with van der Waals surface area (Å²) in [5, 5.41) is 0. The van der Waals surface area contributed by atoms with Crippen LogP contribution in [0.2, 0.25) is 0 Å². The van der Waals surface area contributed by atoms with Crippen LogP contribution in [0.1, 0.15) is 23.2 Å². The normalized spacial score (nSPS) is 14.9. The van der Waals surface area contributed by atoms with Gasteiger partial charge in [-0.25, -0.2) is 4.57 Å². The lowest BCUT2D eigenvalue weighted by Crippen LogP contribution is -2.26. The average molecular weight is 200 g/mol. The molecule has 15 heavy (non-hydrogen) atoms. The number of ketones is 1. The molecule has 0 atom stereocenters. The first-order valence-electron chi connectivity index (χ1n) is 5.14.